The minimum absolute atomic E-state index is 0.0152. The van der Waals surface area contributed by atoms with Crippen LogP contribution in [0.25, 0.3) is 11.2 Å². The molecule has 0 aromatic carbocycles. The number of H-pyrrole nitrogens is 1. The van der Waals surface area contributed by atoms with E-state index >= 15 is 0 Å². The number of aromatic nitrogens is 4. The van der Waals surface area contributed by atoms with Crippen LogP contribution in [0.4, 0.5) is 14.7 Å². The Morgan fingerprint density at radius 3 is 3.10 bits per heavy atom. The molecule has 0 aliphatic carbocycles. The van der Waals surface area contributed by atoms with Crippen LogP contribution in [-0.2, 0) is 4.74 Å². The Morgan fingerprint density at radius 1 is 1.70 bits per heavy atom. The average Bonchev–Trinajstić information content (AvgIpc) is 2.92. The number of anilines is 1. The monoisotopic (exact) mass is 287 g/mol. The fraction of sp³-hybridized carbons (Fsp3) is 0.500. The van der Waals surface area contributed by atoms with Crippen molar-refractivity contribution < 1.29 is 18.6 Å². The number of nitrogens with one attached hydrogen (secondary N) is 1. The molecule has 0 amide bonds. The minimum atomic E-state index is -2.77. The number of nitrogens with two attached hydrogens (primary N) is 1. The molecule has 1 aliphatic heterocycles. The lowest BCUT2D eigenvalue weighted by Gasteiger charge is -2.19. The molecular weight excluding hydrogens is 276 g/mol. The number of halogens is 2. The number of imidazole rings is 1. The summed E-state index contributed by atoms with van der Waals surface area (Å²) in [6, 6.07) is 0. The Balaban J connectivity index is 2.06. The summed E-state index contributed by atoms with van der Waals surface area (Å²) in [5.41, 5.74) is 4.91. The highest BCUT2D eigenvalue weighted by Crippen LogP contribution is 2.40. The molecule has 10 heteroatoms. The predicted molar refractivity (Wildman–Crippen MR) is 63.1 cm³/mol. The molecule has 3 atom stereocenters. The fourth-order valence-corrected chi connectivity index (χ4v) is 2.16. The van der Waals surface area contributed by atoms with Gasteiger partial charge in [0.05, 0.1) is 6.33 Å². The highest BCUT2D eigenvalue weighted by molar-refractivity contribution is 5.70. The van der Waals surface area contributed by atoms with Crippen molar-refractivity contribution >= 4 is 17.1 Å². The second-order valence-corrected chi connectivity index (χ2v) is 4.50. The maximum Gasteiger partial charge on any atom is 0.280 e. The molecule has 0 bridgehead atoms. The second kappa shape index (κ2) is 4.21. The van der Waals surface area contributed by atoms with E-state index in [4.69, 9.17) is 15.6 Å². The molecule has 3 heterocycles. The highest BCUT2D eigenvalue weighted by atomic mass is 19.2. The number of fused-ring (bicyclic) bond motifs is 1. The topological polar surface area (TPSA) is 119 Å². The fourth-order valence-electron chi connectivity index (χ4n) is 2.16. The molecule has 4 N–H and O–H groups in total. The number of ether oxygens (including phenoxy) is 1. The van der Waals surface area contributed by atoms with Gasteiger partial charge in [-0.2, -0.15) is 4.98 Å². The quantitative estimate of drug-likeness (QED) is 0.692. The summed E-state index contributed by atoms with van der Waals surface area (Å²) in [4.78, 5) is 21.5. The minimum Gasteiger partial charge on any atom is -0.390 e. The van der Waals surface area contributed by atoms with Crippen LogP contribution in [0.1, 0.15) is 12.6 Å². The molecule has 0 spiro atoms. The van der Waals surface area contributed by atoms with Crippen molar-refractivity contribution in [3.05, 3.63) is 16.7 Å². The van der Waals surface area contributed by atoms with E-state index in [2.05, 4.69) is 15.0 Å². The van der Waals surface area contributed by atoms with Crippen LogP contribution in [0.15, 0.2) is 11.1 Å². The number of hydrogen-bond donors (Lipinski definition) is 3. The van der Waals surface area contributed by atoms with Gasteiger partial charge >= 0.3 is 0 Å². The van der Waals surface area contributed by atoms with Gasteiger partial charge in [-0.3, -0.25) is 14.3 Å². The van der Waals surface area contributed by atoms with Gasteiger partial charge in [0.15, 0.2) is 17.3 Å². The number of aliphatic hydroxyl groups is 1. The molecule has 0 saturated carbocycles. The molecule has 1 aliphatic rings. The molecule has 8 nitrogen and oxygen atoms in total. The van der Waals surface area contributed by atoms with Gasteiger partial charge in [-0.15, -0.1) is 0 Å². The highest BCUT2D eigenvalue weighted by Gasteiger charge is 2.51. The second-order valence-electron chi connectivity index (χ2n) is 4.50. The number of hydrogen-bond acceptors (Lipinski definition) is 6. The average molecular weight is 287 g/mol. The van der Waals surface area contributed by atoms with E-state index in [1.807, 2.05) is 0 Å². The zero-order chi connectivity index (χ0) is 14.5. The first-order valence-electron chi connectivity index (χ1n) is 5.78. The van der Waals surface area contributed by atoms with E-state index in [1.54, 1.807) is 0 Å². The van der Waals surface area contributed by atoms with Gasteiger partial charge < -0.3 is 15.6 Å². The molecule has 0 radical (unpaired) electrons. The summed E-state index contributed by atoms with van der Waals surface area (Å²) in [5.74, 6) is -2.92. The van der Waals surface area contributed by atoms with E-state index in [9.17, 15) is 13.6 Å². The van der Waals surface area contributed by atoms with Gasteiger partial charge in [-0.05, 0) is 0 Å². The van der Waals surface area contributed by atoms with E-state index < -0.39 is 30.4 Å². The van der Waals surface area contributed by atoms with Gasteiger partial charge in [0.25, 0.3) is 11.4 Å². The SMILES string of the molecule is Nc1nc2c(ncn2C2CC(F)C(F)(CO)O2)c(=O)[nH]1. The van der Waals surface area contributed by atoms with Crippen molar-refractivity contribution in [3.8, 4) is 0 Å². The Hall–Kier alpha value is -2.07. The van der Waals surface area contributed by atoms with Gasteiger partial charge in [-0.1, -0.05) is 0 Å². The summed E-state index contributed by atoms with van der Waals surface area (Å²) in [5, 5.41) is 8.86. The first-order chi connectivity index (χ1) is 9.44. The first kappa shape index (κ1) is 12.9. The Morgan fingerprint density at radius 2 is 2.45 bits per heavy atom. The number of nitrogens with zero attached hydrogens (tertiary/aromatic N) is 3. The molecule has 3 unspecified atom stereocenters. The Kier molecular flexibility index (Phi) is 2.73. The zero-order valence-corrected chi connectivity index (χ0v) is 10.1. The standard InChI is InChI=1S/C10H11F2N5O3/c11-4-1-5(20-10(4,12)2-18)17-3-14-6-7(17)15-9(13)16-8(6)19/h3-5,18H,1-2H2,(H3,13,15,16,19). The molecule has 108 valence electrons. The summed E-state index contributed by atoms with van der Waals surface area (Å²) in [6.45, 7) is -1.10. The van der Waals surface area contributed by atoms with Crippen LogP contribution in [0, 0.1) is 0 Å². The third kappa shape index (κ3) is 1.76. The third-order valence-corrected chi connectivity index (χ3v) is 3.18. The summed E-state index contributed by atoms with van der Waals surface area (Å²) < 4.78 is 33.5. The summed E-state index contributed by atoms with van der Waals surface area (Å²) >= 11 is 0. The van der Waals surface area contributed by atoms with Crippen LogP contribution in [0.2, 0.25) is 0 Å². The van der Waals surface area contributed by atoms with E-state index in [-0.39, 0.29) is 23.5 Å². The summed E-state index contributed by atoms with van der Waals surface area (Å²) in [7, 11) is 0. The van der Waals surface area contributed by atoms with Crippen LogP contribution in [0.3, 0.4) is 0 Å². The molecule has 2 aromatic rings. The Bertz CT molecular complexity index is 716. The Labute approximate surface area is 110 Å². The number of alkyl halides is 2. The van der Waals surface area contributed by atoms with Gasteiger partial charge in [0.1, 0.15) is 12.8 Å². The molecule has 3 rings (SSSR count). The summed E-state index contributed by atoms with van der Waals surface area (Å²) in [6.07, 6.45) is -2.21. The van der Waals surface area contributed by atoms with Crippen molar-refractivity contribution in [2.45, 2.75) is 24.7 Å². The van der Waals surface area contributed by atoms with E-state index in [0.717, 1.165) is 0 Å². The smallest absolute Gasteiger partial charge is 0.280 e. The van der Waals surface area contributed by atoms with Crippen LogP contribution < -0.4 is 11.3 Å². The molecule has 1 fully saturated rings. The van der Waals surface area contributed by atoms with Crippen LogP contribution in [0.5, 0.6) is 0 Å². The number of aliphatic hydroxyl groups excluding tert-OH is 1. The van der Waals surface area contributed by atoms with Crippen molar-refractivity contribution in [2.24, 2.45) is 0 Å². The number of rotatable bonds is 2. The number of nitrogen functional groups attached to an aromatic ring is 1. The predicted octanol–water partition coefficient (Wildman–Crippen LogP) is -0.383. The lowest BCUT2D eigenvalue weighted by molar-refractivity contribution is -0.194. The molecular formula is C10H11F2N5O3. The van der Waals surface area contributed by atoms with Gasteiger partial charge in [0, 0.05) is 6.42 Å². The maximum absolute atomic E-state index is 13.8. The van der Waals surface area contributed by atoms with E-state index in [1.165, 1.54) is 10.9 Å². The lowest BCUT2D eigenvalue weighted by Crippen LogP contribution is -2.35. The molecule has 1 saturated heterocycles. The third-order valence-electron chi connectivity index (χ3n) is 3.18. The van der Waals surface area contributed by atoms with Crippen LogP contribution in [-0.4, -0.2) is 43.3 Å². The molecule has 20 heavy (non-hydrogen) atoms. The maximum atomic E-state index is 13.8. The van der Waals surface area contributed by atoms with Crippen molar-refractivity contribution in [1.29, 1.82) is 0 Å². The zero-order valence-electron chi connectivity index (χ0n) is 10.1. The van der Waals surface area contributed by atoms with Gasteiger partial charge in [-0.25, -0.2) is 13.8 Å². The lowest BCUT2D eigenvalue weighted by atomic mass is 10.2. The number of aromatic amines is 1. The molecule has 2 aromatic heterocycles. The van der Waals surface area contributed by atoms with Crippen molar-refractivity contribution in [2.75, 3.05) is 12.3 Å². The first-order valence-corrected chi connectivity index (χ1v) is 5.78. The van der Waals surface area contributed by atoms with E-state index in [0.29, 0.717) is 0 Å². The van der Waals surface area contributed by atoms with Gasteiger partial charge in [0.2, 0.25) is 5.95 Å². The van der Waals surface area contributed by atoms with Crippen molar-refractivity contribution in [1.82, 2.24) is 19.5 Å². The van der Waals surface area contributed by atoms with Crippen LogP contribution >= 0.6 is 0 Å². The van der Waals surface area contributed by atoms with Crippen molar-refractivity contribution in [3.63, 3.8) is 0 Å². The normalized spacial score (nSPS) is 30.1. The largest absolute Gasteiger partial charge is 0.390 e.